The molecular weight excluding hydrogens is 390 g/mol. The summed E-state index contributed by atoms with van der Waals surface area (Å²) in [5, 5.41) is 0.875. The van der Waals surface area contributed by atoms with Crippen LogP contribution in [0.15, 0.2) is 60.8 Å². The summed E-state index contributed by atoms with van der Waals surface area (Å²) in [5.41, 5.74) is 0.742. The SMILES string of the molecule is O=C(CN(/C=C/C(=O)C(F)(F)F)c1ccc(Cl)cc1)c1ccc(Cl)cc1. The van der Waals surface area contributed by atoms with E-state index in [9.17, 15) is 22.8 Å². The van der Waals surface area contributed by atoms with Crippen molar-refractivity contribution in [3.8, 4) is 0 Å². The number of Topliss-reactive ketones (excluding diaryl/α,β-unsaturated/α-hetero) is 1. The van der Waals surface area contributed by atoms with Gasteiger partial charge in [-0.3, -0.25) is 9.59 Å². The molecule has 26 heavy (non-hydrogen) atoms. The largest absolute Gasteiger partial charge is 0.454 e. The Hall–Kier alpha value is -2.31. The molecule has 2 aromatic carbocycles. The summed E-state index contributed by atoms with van der Waals surface area (Å²) in [6.45, 7) is -0.273. The Balaban J connectivity index is 2.26. The lowest BCUT2D eigenvalue weighted by atomic mass is 10.1. The summed E-state index contributed by atoms with van der Waals surface area (Å²) >= 11 is 11.6. The molecule has 0 heterocycles. The topological polar surface area (TPSA) is 37.4 Å². The van der Waals surface area contributed by atoms with Crippen molar-refractivity contribution < 1.29 is 22.8 Å². The van der Waals surface area contributed by atoms with Crippen molar-refractivity contribution in [3.63, 3.8) is 0 Å². The van der Waals surface area contributed by atoms with Gasteiger partial charge in [0.2, 0.25) is 0 Å². The quantitative estimate of drug-likeness (QED) is 0.484. The molecule has 0 bridgehead atoms. The van der Waals surface area contributed by atoms with E-state index in [-0.39, 0.29) is 12.3 Å². The minimum atomic E-state index is -4.98. The molecule has 0 unspecified atom stereocenters. The number of benzene rings is 2. The summed E-state index contributed by atoms with van der Waals surface area (Å²) in [6.07, 6.45) is -3.68. The van der Waals surface area contributed by atoms with E-state index in [1.165, 1.54) is 53.4 Å². The van der Waals surface area contributed by atoms with Crippen LogP contribution in [0.4, 0.5) is 18.9 Å². The molecule has 0 amide bonds. The molecule has 0 saturated carbocycles. The summed E-state index contributed by atoms with van der Waals surface area (Å²) in [5.74, 6) is -2.38. The first-order valence-electron chi connectivity index (χ1n) is 7.27. The molecule has 0 aliphatic heterocycles. The van der Waals surface area contributed by atoms with Gasteiger partial charge >= 0.3 is 6.18 Å². The van der Waals surface area contributed by atoms with E-state index in [0.717, 1.165) is 6.20 Å². The van der Waals surface area contributed by atoms with Gasteiger partial charge in [-0.25, -0.2) is 0 Å². The summed E-state index contributed by atoms with van der Waals surface area (Å²) < 4.78 is 37.2. The first-order valence-corrected chi connectivity index (χ1v) is 8.03. The number of alkyl halides is 3. The van der Waals surface area contributed by atoms with Crippen LogP contribution in [-0.4, -0.2) is 24.3 Å². The Bertz CT molecular complexity index is 816. The second kappa shape index (κ2) is 8.38. The van der Waals surface area contributed by atoms with E-state index in [2.05, 4.69) is 0 Å². The predicted molar refractivity (Wildman–Crippen MR) is 94.8 cm³/mol. The molecule has 3 nitrogen and oxygen atoms in total. The maximum Gasteiger partial charge on any atom is 0.454 e. The second-order valence-corrected chi connectivity index (χ2v) is 6.09. The minimum Gasteiger partial charge on any atom is -0.340 e. The molecule has 8 heteroatoms. The maximum atomic E-state index is 12.4. The molecule has 0 atom stereocenters. The highest BCUT2D eigenvalue weighted by atomic mass is 35.5. The van der Waals surface area contributed by atoms with E-state index >= 15 is 0 Å². The Morgan fingerprint density at radius 1 is 0.923 bits per heavy atom. The van der Waals surface area contributed by atoms with E-state index < -0.39 is 12.0 Å². The lowest BCUT2D eigenvalue weighted by molar-refractivity contribution is -0.165. The molecule has 0 aliphatic carbocycles. The standard InChI is InChI=1S/C18H12Cl2F3NO2/c19-13-3-1-12(2-4-13)16(25)11-24(10-9-17(26)18(21,22)23)15-7-5-14(20)6-8-15/h1-10H,11H2/b10-9+. The molecule has 0 aromatic heterocycles. The zero-order valence-electron chi connectivity index (χ0n) is 13.1. The molecule has 2 rings (SSSR count). The normalized spacial score (nSPS) is 11.6. The number of nitrogens with zero attached hydrogens (tertiary/aromatic N) is 1. The van der Waals surface area contributed by atoms with E-state index in [1.807, 2.05) is 0 Å². The van der Waals surface area contributed by atoms with Gasteiger partial charge < -0.3 is 4.90 Å². The first-order chi connectivity index (χ1) is 12.2. The smallest absolute Gasteiger partial charge is 0.340 e. The fourth-order valence-electron chi connectivity index (χ4n) is 2.00. The Morgan fingerprint density at radius 2 is 1.42 bits per heavy atom. The molecule has 0 spiro atoms. The predicted octanol–water partition coefficient (Wildman–Crippen LogP) is 5.33. The van der Waals surface area contributed by atoms with Crippen LogP contribution in [0.3, 0.4) is 0 Å². The molecule has 136 valence electrons. The van der Waals surface area contributed by atoms with E-state index in [1.54, 1.807) is 0 Å². The fraction of sp³-hybridized carbons (Fsp3) is 0.111. The highest BCUT2D eigenvalue weighted by Gasteiger charge is 2.36. The van der Waals surface area contributed by atoms with Crippen molar-refractivity contribution in [2.75, 3.05) is 11.4 Å². The monoisotopic (exact) mass is 401 g/mol. The van der Waals surface area contributed by atoms with Crippen molar-refractivity contribution in [1.29, 1.82) is 0 Å². The number of hydrogen-bond acceptors (Lipinski definition) is 3. The van der Waals surface area contributed by atoms with Gasteiger partial charge in [-0.1, -0.05) is 23.2 Å². The third-order valence-corrected chi connectivity index (χ3v) is 3.83. The maximum absolute atomic E-state index is 12.4. The highest BCUT2D eigenvalue weighted by molar-refractivity contribution is 6.31. The third-order valence-electron chi connectivity index (χ3n) is 3.32. The first kappa shape index (κ1) is 20.0. The molecule has 0 aliphatic rings. The van der Waals surface area contributed by atoms with Crippen molar-refractivity contribution in [3.05, 3.63) is 76.4 Å². The van der Waals surface area contributed by atoms with Crippen LogP contribution in [0.25, 0.3) is 0 Å². The number of rotatable bonds is 6. The van der Waals surface area contributed by atoms with Gasteiger partial charge in [-0.15, -0.1) is 0 Å². The van der Waals surface area contributed by atoms with Crippen molar-refractivity contribution in [2.45, 2.75) is 6.18 Å². The van der Waals surface area contributed by atoms with Crippen LogP contribution < -0.4 is 4.90 Å². The van der Waals surface area contributed by atoms with E-state index in [4.69, 9.17) is 23.2 Å². The third kappa shape index (κ3) is 5.61. The van der Waals surface area contributed by atoms with Gasteiger partial charge in [0, 0.05) is 33.6 Å². The highest BCUT2D eigenvalue weighted by Crippen LogP contribution is 2.21. The van der Waals surface area contributed by atoms with Crippen LogP contribution in [0.1, 0.15) is 10.4 Å². The molecule has 0 fully saturated rings. The zero-order chi connectivity index (χ0) is 19.3. The summed E-state index contributed by atoms with van der Waals surface area (Å²) in [7, 11) is 0. The Labute approximate surface area is 157 Å². The lowest BCUT2D eigenvalue weighted by Crippen LogP contribution is -2.26. The summed E-state index contributed by atoms with van der Waals surface area (Å²) in [6, 6.07) is 12.2. The molecular formula is C18H12Cl2F3NO2. The average molecular weight is 402 g/mol. The van der Waals surface area contributed by atoms with Crippen LogP contribution in [0, 0.1) is 0 Å². The number of halogens is 5. The fourth-order valence-corrected chi connectivity index (χ4v) is 2.25. The Kier molecular flexibility index (Phi) is 6.45. The number of allylic oxidation sites excluding steroid dienone is 1. The van der Waals surface area contributed by atoms with Gasteiger partial charge in [0.05, 0.1) is 6.54 Å². The van der Waals surface area contributed by atoms with Gasteiger partial charge in [-0.2, -0.15) is 13.2 Å². The van der Waals surface area contributed by atoms with Gasteiger partial charge in [0.15, 0.2) is 5.78 Å². The van der Waals surface area contributed by atoms with Crippen molar-refractivity contribution >= 4 is 40.5 Å². The van der Waals surface area contributed by atoms with Gasteiger partial charge in [0.25, 0.3) is 5.78 Å². The lowest BCUT2D eigenvalue weighted by Gasteiger charge is -2.20. The van der Waals surface area contributed by atoms with Crippen molar-refractivity contribution in [1.82, 2.24) is 0 Å². The second-order valence-electron chi connectivity index (χ2n) is 5.21. The molecule has 2 aromatic rings. The van der Waals surface area contributed by atoms with Crippen molar-refractivity contribution in [2.24, 2.45) is 0 Å². The van der Waals surface area contributed by atoms with Crippen LogP contribution >= 0.6 is 23.2 Å². The number of anilines is 1. The van der Waals surface area contributed by atoms with E-state index in [0.29, 0.717) is 27.4 Å². The molecule has 0 N–H and O–H groups in total. The zero-order valence-corrected chi connectivity index (χ0v) is 14.6. The summed E-state index contributed by atoms with van der Waals surface area (Å²) in [4.78, 5) is 24.7. The van der Waals surface area contributed by atoms with Gasteiger partial charge in [-0.05, 0) is 48.5 Å². The van der Waals surface area contributed by atoms with Crippen LogP contribution in [0.2, 0.25) is 10.0 Å². The Morgan fingerprint density at radius 3 is 1.92 bits per heavy atom. The minimum absolute atomic E-state index is 0.273. The number of carbonyl (C=O) groups excluding carboxylic acids is 2. The molecule has 0 radical (unpaired) electrons. The number of ketones is 2. The van der Waals surface area contributed by atoms with Gasteiger partial charge in [0.1, 0.15) is 0 Å². The van der Waals surface area contributed by atoms with Crippen LogP contribution in [0.5, 0.6) is 0 Å². The molecule has 0 saturated heterocycles. The number of hydrogen-bond donors (Lipinski definition) is 0. The number of carbonyl (C=O) groups is 2. The van der Waals surface area contributed by atoms with Crippen LogP contribution in [-0.2, 0) is 4.79 Å². The average Bonchev–Trinajstić information content (AvgIpc) is 2.58.